The summed E-state index contributed by atoms with van der Waals surface area (Å²) in [7, 11) is 0. The lowest BCUT2D eigenvalue weighted by Crippen LogP contribution is -2.00. The molecular formula is C14H9ClFNO4. The maximum Gasteiger partial charge on any atom is 0.270 e. The van der Waals surface area contributed by atoms with E-state index in [1.807, 2.05) is 0 Å². The van der Waals surface area contributed by atoms with E-state index in [2.05, 4.69) is 0 Å². The molecule has 21 heavy (non-hydrogen) atoms. The number of halogens is 2. The number of rotatable bonds is 5. The van der Waals surface area contributed by atoms with Crippen molar-refractivity contribution in [1.29, 1.82) is 0 Å². The smallest absolute Gasteiger partial charge is 0.270 e. The third-order valence-electron chi connectivity index (χ3n) is 2.71. The lowest BCUT2D eigenvalue weighted by atomic mass is 10.2. The summed E-state index contributed by atoms with van der Waals surface area (Å²) in [5, 5.41) is 10.6. The first-order valence-corrected chi connectivity index (χ1v) is 6.19. The normalized spacial score (nSPS) is 10.2. The molecule has 0 radical (unpaired) electrons. The molecule has 0 amide bonds. The number of carbonyl (C=O) groups excluding carboxylic acids is 1. The minimum absolute atomic E-state index is 0.00247. The first-order valence-electron chi connectivity index (χ1n) is 5.81. The Labute approximate surface area is 124 Å². The van der Waals surface area contributed by atoms with Gasteiger partial charge in [-0.1, -0.05) is 17.7 Å². The number of non-ortho nitro benzene ring substituents is 1. The highest BCUT2D eigenvalue weighted by molar-refractivity contribution is 6.30. The van der Waals surface area contributed by atoms with Crippen molar-refractivity contribution in [2.45, 2.75) is 6.61 Å². The molecule has 0 unspecified atom stereocenters. The lowest BCUT2D eigenvalue weighted by molar-refractivity contribution is -0.384. The first kappa shape index (κ1) is 14.9. The van der Waals surface area contributed by atoms with Crippen LogP contribution in [0.2, 0.25) is 5.02 Å². The molecular weight excluding hydrogens is 301 g/mol. The Morgan fingerprint density at radius 2 is 2.05 bits per heavy atom. The molecule has 0 aliphatic rings. The number of nitro groups is 1. The van der Waals surface area contributed by atoms with Crippen LogP contribution in [-0.4, -0.2) is 11.2 Å². The molecule has 2 aromatic carbocycles. The Hall–Kier alpha value is -2.47. The Morgan fingerprint density at radius 3 is 2.67 bits per heavy atom. The zero-order valence-electron chi connectivity index (χ0n) is 10.6. The van der Waals surface area contributed by atoms with Crippen LogP contribution in [0.15, 0.2) is 36.4 Å². The average molecular weight is 310 g/mol. The molecule has 0 aromatic heterocycles. The van der Waals surface area contributed by atoms with Gasteiger partial charge in [-0.25, -0.2) is 4.39 Å². The van der Waals surface area contributed by atoms with E-state index in [1.165, 1.54) is 24.3 Å². The van der Waals surface area contributed by atoms with Gasteiger partial charge in [0.25, 0.3) is 5.69 Å². The number of ether oxygens (including phenoxy) is 1. The Bertz CT molecular complexity index is 705. The van der Waals surface area contributed by atoms with E-state index in [0.717, 1.165) is 6.07 Å². The fourth-order valence-corrected chi connectivity index (χ4v) is 1.78. The van der Waals surface area contributed by atoms with E-state index < -0.39 is 10.7 Å². The summed E-state index contributed by atoms with van der Waals surface area (Å²) in [6, 6.07) is 7.86. The second-order valence-corrected chi connectivity index (χ2v) is 4.54. The van der Waals surface area contributed by atoms with Crippen molar-refractivity contribution < 1.29 is 18.8 Å². The van der Waals surface area contributed by atoms with Gasteiger partial charge in [0.1, 0.15) is 18.2 Å². The predicted molar refractivity (Wildman–Crippen MR) is 74.2 cm³/mol. The average Bonchev–Trinajstić information content (AvgIpc) is 2.48. The standard InChI is InChI=1S/C14H9ClFNO4/c15-12-3-1-9(5-13(12)16)8-21-14-4-2-11(17(19)20)6-10(14)7-18/h1-7H,8H2. The van der Waals surface area contributed by atoms with Crippen LogP contribution in [0.3, 0.4) is 0 Å². The number of carbonyl (C=O) groups is 1. The molecule has 0 fully saturated rings. The summed E-state index contributed by atoms with van der Waals surface area (Å²) in [4.78, 5) is 21.0. The molecule has 5 nitrogen and oxygen atoms in total. The molecule has 0 aliphatic heterocycles. The zero-order valence-corrected chi connectivity index (χ0v) is 11.3. The molecule has 2 rings (SSSR count). The lowest BCUT2D eigenvalue weighted by Gasteiger charge is -2.08. The minimum atomic E-state index is -0.606. The van der Waals surface area contributed by atoms with E-state index in [0.29, 0.717) is 11.8 Å². The second-order valence-electron chi connectivity index (χ2n) is 4.13. The summed E-state index contributed by atoms with van der Waals surface area (Å²) in [6.07, 6.45) is 0.463. The molecule has 0 saturated heterocycles. The number of aldehydes is 1. The number of hydrogen-bond acceptors (Lipinski definition) is 4. The Balaban J connectivity index is 2.17. The molecule has 0 bridgehead atoms. The molecule has 108 valence electrons. The van der Waals surface area contributed by atoms with Crippen molar-refractivity contribution in [1.82, 2.24) is 0 Å². The molecule has 7 heteroatoms. The van der Waals surface area contributed by atoms with Crippen LogP contribution in [0, 0.1) is 15.9 Å². The summed E-state index contributed by atoms with van der Waals surface area (Å²) in [5.41, 5.74) is 0.368. The molecule has 0 N–H and O–H groups in total. The zero-order chi connectivity index (χ0) is 15.4. The van der Waals surface area contributed by atoms with Crippen LogP contribution in [0.4, 0.5) is 10.1 Å². The quantitative estimate of drug-likeness (QED) is 0.479. The second kappa shape index (κ2) is 6.32. The van der Waals surface area contributed by atoms with Crippen molar-refractivity contribution in [2.24, 2.45) is 0 Å². The largest absolute Gasteiger partial charge is 0.488 e. The molecule has 0 heterocycles. The van der Waals surface area contributed by atoms with E-state index in [4.69, 9.17) is 16.3 Å². The van der Waals surface area contributed by atoms with Crippen LogP contribution in [-0.2, 0) is 6.61 Å². The van der Waals surface area contributed by atoms with Gasteiger partial charge in [-0.05, 0) is 23.8 Å². The van der Waals surface area contributed by atoms with E-state index in [-0.39, 0.29) is 28.6 Å². The van der Waals surface area contributed by atoms with Gasteiger partial charge in [0, 0.05) is 12.1 Å². The molecule has 0 atom stereocenters. The van der Waals surface area contributed by atoms with Crippen LogP contribution in [0.1, 0.15) is 15.9 Å². The third-order valence-corrected chi connectivity index (χ3v) is 3.02. The van der Waals surface area contributed by atoms with Crippen LogP contribution >= 0.6 is 11.6 Å². The number of benzene rings is 2. The highest BCUT2D eigenvalue weighted by atomic mass is 35.5. The van der Waals surface area contributed by atoms with Gasteiger partial charge < -0.3 is 4.74 Å². The van der Waals surface area contributed by atoms with Gasteiger partial charge in [0.05, 0.1) is 15.5 Å². The van der Waals surface area contributed by atoms with Crippen LogP contribution < -0.4 is 4.74 Å². The van der Waals surface area contributed by atoms with Gasteiger partial charge in [-0.15, -0.1) is 0 Å². The van der Waals surface area contributed by atoms with Crippen molar-refractivity contribution >= 4 is 23.6 Å². The van der Waals surface area contributed by atoms with Gasteiger partial charge in [0.15, 0.2) is 6.29 Å². The highest BCUT2D eigenvalue weighted by Crippen LogP contribution is 2.24. The van der Waals surface area contributed by atoms with E-state index >= 15 is 0 Å². The van der Waals surface area contributed by atoms with Crippen molar-refractivity contribution in [3.8, 4) is 5.75 Å². The topological polar surface area (TPSA) is 69.4 Å². The van der Waals surface area contributed by atoms with E-state index in [1.54, 1.807) is 6.07 Å². The maximum atomic E-state index is 13.3. The van der Waals surface area contributed by atoms with Crippen LogP contribution in [0.5, 0.6) is 5.75 Å². The SMILES string of the molecule is O=Cc1cc([N+](=O)[O-])ccc1OCc1ccc(Cl)c(F)c1. The number of nitro benzene ring substituents is 1. The summed E-state index contributed by atoms with van der Waals surface area (Å²) in [6.45, 7) is 0.00669. The van der Waals surface area contributed by atoms with Gasteiger partial charge in [-0.3, -0.25) is 14.9 Å². The van der Waals surface area contributed by atoms with Gasteiger partial charge in [-0.2, -0.15) is 0 Å². The van der Waals surface area contributed by atoms with Crippen molar-refractivity contribution in [2.75, 3.05) is 0 Å². The molecule has 2 aromatic rings. The Morgan fingerprint density at radius 1 is 1.29 bits per heavy atom. The fourth-order valence-electron chi connectivity index (χ4n) is 1.66. The van der Waals surface area contributed by atoms with Gasteiger partial charge in [0.2, 0.25) is 0 Å². The summed E-state index contributed by atoms with van der Waals surface area (Å²) in [5.74, 6) is -0.386. The van der Waals surface area contributed by atoms with Crippen molar-refractivity contribution in [3.63, 3.8) is 0 Å². The molecule has 0 saturated carbocycles. The van der Waals surface area contributed by atoms with E-state index in [9.17, 15) is 19.3 Å². The predicted octanol–water partition coefficient (Wildman–Crippen LogP) is 3.78. The number of hydrogen-bond donors (Lipinski definition) is 0. The first-order chi connectivity index (χ1) is 10.0. The summed E-state index contributed by atoms with van der Waals surface area (Å²) >= 11 is 5.57. The minimum Gasteiger partial charge on any atom is -0.488 e. The monoisotopic (exact) mass is 309 g/mol. The third kappa shape index (κ3) is 3.55. The fraction of sp³-hybridized carbons (Fsp3) is 0.0714. The highest BCUT2D eigenvalue weighted by Gasteiger charge is 2.11. The van der Waals surface area contributed by atoms with Gasteiger partial charge >= 0.3 is 0 Å². The maximum absolute atomic E-state index is 13.3. The van der Waals surface area contributed by atoms with Crippen molar-refractivity contribution in [3.05, 3.63) is 68.5 Å². The van der Waals surface area contributed by atoms with Crippen LogP contribution in [0.25, 0.3) is 0 Å². The summed E-state index contributed by atoms with van der Waals surface area (Å²) < 4.78 is 18.7. The molecule has 0 spiro atoms. The Kier molecular flexibility index (Phi) is 4.49. The molecule has 0 aliphatic carbocycles. The number of nitrogens with zero attached hydrogens (tertiary/aromatic N) is 1.